The van der Waals surface area contributed by atoms with E-state index in [-0.39, 0.29) is 6.02 Å². The SMILES string of the molecule is N/C(=N\N=C\c1cccs1)O[Si](Cl)(c1ccccc1)c1ccccc1. The average molecular weight is 386 g/mol. The smallest absolute Gasteiger partial charge is 0.416 e. The van der Waals surface area contributed by atoms with Gasteiger partial charge < -0.3 is 10.2 Å². The number of nitrogens with two attached hydrogens (primary N) is 1. The first-order valence-corrected chi connectivity index (χ1v) is 11.4. The predicted octanol–water partition coefficient (Wildman–Crippen LogP) is 2.91. The molecule has 0 unspecified atom stereocenters. The number of hydrogen-bond acceptors (Lipinski definition) is 4. The van der Waals surface area contributed by atoms with Crippen molar-refractivity contribution in [2.45, 2.75) is 0 Å². The first-order chi connectivity index (χ1) is 12.2. The molecule has 3 aromatic rings. The Kier molecular flexibility index (Phi) is 5.65. The summed E-state index contributed by atoms with van der Waals surface area (Å²) in [5.41, 5.74) is 5.94. The van der Waals surface area contributed by atoms with Gasteiger partial charge in [0.1, 0.15) is 0 Å². The zero-order valence-electron chi connectivity index (χ0n) is 13.2. The minimum Gasteiger partial charge on any atom is -0.495 e. The van der Waals surface area contributed by atoms with Gasteiger partial charge in [0, 0.05) is 4.88 Å². The Hall–Kier alpha value is -2.41. The summed E-state index contributed by atoms with van der Waals surface area (Å²) >= 11 is 8.53. The normalized spacial score (nSPS) is 12.4. The highest BCUT2D eigenvalue weighted by molar-refractivity contribution is 7.31. The fourth-order valence-corrected chi connectivity index (χ4v) is 5.97. The first-order valence-electron chi connectivity index (χ1n) is 7.57. The Morgan fingerprint density at radius 1 is 0.960 bits per heavy atom. The number of benzene rings is 2. The van der Waals surface area contributed by atoms with Crippen molar-refractivity contribution in [1.82, 2.24) is 0 Å². The first kappa shape index (κ1) is 17.4. The lowest BCUT2D eigenvalue weighted by Crippen LogP contribution is -2.58. The number of rotatable bonds is 5. The van der Waals surface area contributed by atoms with Crippen LogP contribution in [0.4, 0.5) is 0 Å². The van der Waals surface area contributed by atoms with E-state index in [4.69, 9.17) is 21.2 Å². The van der Waals surface area contributed by atoms with Crippen LogP contribution in [0.5, 0.6) is 0 Å². The molecular weight excluding hydrogens is 370 g/mol. The molecule has 2 aromatic carbocycles. The van der Waals surface area contributed by atoms with E-state index in [1.807, 2.05) is 78.2 Å². The van der Waals surface area contributed by atoms with Gasteiger partial charge in [0.2, 0.25) is 0 Å². The standard InChI is InChI=1S/C18H16ClN3OSSi/c19-25(16-9-3-1-4-10-16,17-11-5-2-6-12-17)23-18(20)22-21-14-15-8-7-13-24-15/h1-14H,(H2,20,22)/b21-14+. The third-order valence-electron chi connectivity index (χ3n) is 3.42. The lowest BCUT2D eigenvalue weighted by molar-refractivity contribution is 0.566. The molecule has 0 spiro atoms. The monoisotopic (exact) mass is 385 g/mol. The number of thiophene rings is 1. The minimum absolute atomic E-state index is 0.0535. The van der Waals surface area contributed by atoms with Gasteiger partial charge in [0.15, 0.2) is 0 Å². The summed E-state index contributed by atoms with van der Waals surface area (Å²) in [6.45, 7) is 0. The molecule has 4 nitrogen and oxygen atoms in total. The summed E-state index contributed by atoms with van der Waals surface area (Å²) in [4.78, 5) is 0.983. The molecule has 0 aliphatic carbocycles. The van der Waals surface area contributed by atoms with Gasteiger partial charge in [-0.3, -0.25) is 0 Å². The van der Waals surface area contributed by atoms with Crippen molar-refractivity contribution in [3.05, 3.63) is 83.1 Å². The molecule has 0 bridgehead atoms. The second-order valence-corrected chi connectivity index (χ2v) is 10.3. The van der Waals surface area contributed by atoms with Crippen LogP contribution in [0, 0.1) is 0 Å². The molecule has 3 rings (SSSR count). The van der Waals surface area contributed by atoms with Crippen molar-refractivity contribution >= 4 is 52.7 Å². The molecule has 25 heavy (non-hydrogen) atoms. The van der Waals surface area contributed by atoms with Gasteiger partial charge in [-0.25, -0.2) is 0 Å². The maximum absolute atomic E-state index is 6.97. The molecule has 0 aliphatic heterocycles. The lowest BCUT2D eigenvalue weighted by atomic mass is 10.4. The molecule has 0 saturated heterocycles. The summed E-state index contributed by atoms with van der Waals surface area (Å²) < 4.78 is 5.95. The largest absolute Gasteiger partial charge is 0.495 e. The molecule has 126 valence electrons. The highest BCUT2D eigenvalue weighted by Gasteiger charge is 2.40. The summed E-state index contributed by atoms with van der Waals surface area (Å²) in [5.74, 6) is 0. The summed E-state index contributed by atoms with van der Waals surface area (Å²) in [7, 11) is -3.04. The molecule has 0 saturated carbocycles. The van der Waals surface area contributed by atoms with E-state index in [9.17, 15) is 0 Å². The molecular formula is C18H16ClN3OSSi. The summed E-state index contributed by atoms with van der Waals surface area (Å²) in [6, 6.07) is 23.1. The van der Waals surface area contributed by atoms with Gasteiger partial charge in [-0.2, -0.15) is 5.10 Å². The molecule has 0 aliphatic rings. The van der Waals surface area contributed by atoms with Crippen LogP contribution in [0.25, 0.3) is 0 Å². The zero-order valence-corrected chi connectivity index (χ0v) is 15.8. The fourth-order valence-electron chi connectivity index (χ4n) is 2.26. The molecule has 0 fully saturated rings. The highest BCUT2D eigenvalue weighted by Crippen LogP contribution is 2.13. The van der Waals surface area contributed by atoms with E-state index in [0.717, 1.165) is 15.3 Å². The van der Waals surface area contributed by atoms with Crippen LogP contribution in [0.2, 0.25) is 0 Å². The van der Waals surface area contributed by atoms with Crippen molar-refractivity contribution in [2.75, 3.05) is 0 Å². The van der Waals surface area contributed by atoms with Crippen molar-refractivity contribution in [3.8, 4) is 0 Å². The van der Waals surface area contributed by atoms with E-state index in [0.29, 0.717) is 0 Å². The second-order valence-electron chi connectivity index (χ2n) is 5.13. The van der Waals surface area contributed by atoms with Gasteiger partial charge in [-0.15, -0.1) is 22.4 Å². The number of hydrogen-bond donors (Lipinski definition) is 1. The lowest BCUT2D eigenvalue weighted by Gasteiger charge is -2.25. The predicted molar refractivity (Wildman–Crippen MR) is 108 cm³/mol. The van der Waals surface area contributed by atoms with Crippen molar-refractivity contribution in [1.29, 1.82) is 0 Å². The second kappa shape index (κ2) is 8.11. The quantitative estimate of drug-likeness (QED) is 0.241. The van der Waals surface area contributed by atoms with Crippen molar-refractivity contribution < 1.29 is 4.43 Å². The highest BCUT2D eigenvalue weighted by atomic mass is 35.6. The maximum atomic E-state index is 6.97. The van der Waals surface area contributed by atoms with Crippen LogP contribution < -0.4 is 16.1 Å². The summed E-state index contributed by atoms with van der Waals surface area (Å²) in [5, 5.41) is 11.7. The Balaban J connectivity index is 1.88. The van der Waals surface area contributed by atoms with E-state index in [1.54, 1.807) is 17.6 Å². The molecule has 0 atom stereocenters. The van der Waals surface area contributed by atoms with Gasteiger partial charge in [0.05, 0.1) is 6.21 Å². The number of halogens is 1. The van der Waals surface area contributed by atoms with Gasteiger partial charge in [-0.1, -0.05) is 71.8 Å². The van der Waals surface area contributed by atoms with E-state index in [2.05, 4.69) is 10.2 Å². The van der Waals surface area contributed by atoms with Crippen molar-refractivity contribution in [2.24, 2.45) is 15.9 Å². The van der Waals surface area contributed by atoms with Gasteiger partial charge in [-0.05, 0) is 21.8 Å². The molecule has 2 N–H and O–H groups in total. The van der Waals surface area contributed by atoms with Crippen LogP contribution in [0.3, 0.4) is 0 Å². The van der Waals surface area contributed by atoms with E-state index >= 15 is 0 Å². The summed E-state index contributed by atoms with van der Waals surface area (Å²) in [6.07, 6.45) is 1.63. The Morgan fingerprint density at radius 2 is 1.56 bits per heavy atom. The molecule has 1 aromatic heterocycles. The van der Waals surface area contributed by atoms with E-state index in [1.165, 1.54) is 0 Å². The molecule has 0 amide bonds. The van der Waals surface area contributed by atoms with E-state index < -0.39 is 7.63 Å². The Morgan fingerprint density at radius 3 is 2.08 bits per heavy atom. The minimum atomic E-state index is -3.04. The molecule has 0 radical (unpaired) electrons. The zero-order chi connectivity index (χ0) is 17.5. The van der Waals surface area contributed by atoms with Gasteiger partial charge >= 0.3 is 7.63 Å². The molecule has 7 heteroatoms. The van der Waals surface area contributed by atoms with Gasteiger partial charge in [0.25, 0.3) is 6.02 Å². The van der Waals surface area contributed by atoms with Crippen LogP contribution in [-0.2, 0) is 4.43 Å². The topological polar surface area (TPSA) is 60.0 Å². The number of nitrogens with zero attached hydrogens (tertiary/aromatic N) is 2. The number of amidine groups is 1. The van der Waals surface area contributed by atoms with Crippen molar-refractivity contribution in [3.63, 3.8) is 0 Å². The van der Waals surface area contributed by atoms with Crippen LogP contribution >= 0.6 is 22.4 Å². The van der Waals surface area contributed by atoms with Crippen LogP contribution in [0.1, 0.15) is 4.88 Å². The Labute approximate surface area is 156 Å². The maximum Gasteiger partial charge on any atom is 0.416 e. The van der Waals surface area contributed by atoms with Crippen LogP contribution in [0.15, 0.2) is 88.4 Å². The fraction of sp³-hybridized carbons (Fsp3) is 0. The van der Waals surface area contributed by atoms with Crippen LogP contribution in [-0.4, -0.2) is 19.9 Å². The Bertz CT molecular complexity index is 815. The average Bonchev–Trinajstić information content (AvgIpc) is 3.16. The third kappa shape index (κ3) is 4.36. The third-order valence-corrected chi connectivity index (χ3v) is 8.41. The molecule has 1 heterocycles.